The smallest absolute Gasteiger partial charge is 0.335 e. The minimum Gasteiger partial charge on any atom is -0.478 e. The molecule has 144 valence electrons. The summed E-state index contributed by atoms with van der Waals surface area (Å²) < 4.78 is 1.83. The summed E-state index contributed by atoms with van der Waals surface area (Å²) in [6, 6.07) is 24.0. The Labute approximate surface area is 167 Å². The maximum absolute atomic E-state index is 12.8. The fraction of sp³-hybridized carbons (Fsp3) is 0.0870. The lowest BCUT2D eigenvalue weighted by molar-refractivity contribution is 0.0696. The fourth-order valence-electron chi connectivity index (χ4n) is 3.20. The van der Waals surface area contributed by atoms with Gasteiger partial charge in [0.25, 0.3) is 5.91 Å². The largest absolute Gasteiger partial charge is 0.478 e. The molecule has 4 rings (SSSR count). The zero-order valence-electron chi connectivity index (χ0n) is 15.6. The molecule has 0 radical (unpaired) electrons. The van der Waals surface area contributed by atoms with Crippen LogP contribution in [0.25, 0.3) is 10.9 Å². The molecule has 0 saturated carbocycles. The average molecular weight is 385 g/mol. The first-order valence-corrected chi connectivity index (χ1v) is 9.22. The van der Waals surface area contributed by atoms with E-state index in [4.69, 9.17) is 5.11 Å². The van der Waals surface area contributed by atoms with Gasteiger partial charge >= 0.3 is 5.97 Å². The van der Waals surface area contributed by atoms with Crippen LogP contribution in [-0.4, -0.2) is 26.8 Å². The molecule has 6 nitrogen and oxygen atoms in total. The number of carbonyl (C=O) groups is 2. The maximum atomic E-state index is 12.8. The number of benzene rings is 3. The zero-order valence-corrected chi connectivity index (χ0v) is 15.6. The lowest BCUT2D eigenvalue weighted by atomic mass is 10.1. The molecule has 29 heavy (non-hydrogen) atoms. The van der Waals surface area contributed by atoms with Crippen LogP contribution in [0.2, 0.25) is 0 Å². The van der Waals surface area contributed by atoms with E-state index in [1.54, 1.807) is 12.1 Å². The minimum absolute atomic E-state index is 0.214. The molecule has 0 aliphatic rings. The first-order chi connectivity index (χ1) is 14.1. The molecular formula is C23H19N3O3. The van der Waals surface area contributed by atoms with E-state index >= 15 is 0 Å². The van der Waals surface area contributed by atoms with Crippen molar-refractivity contribution in [3.8, 4) is 0 Å². The van der Waals surface area contributed by atoms with Crippen LogP contribution in [0.1, 0.15) is 32.0 Å². The molecule has 0 aliphatic carbocycles. The number of aromatic carboxylic acids is 1. The number of aromatic nitrogens is 2. The number of para-hydroxylation sites is 1. The van der Waals surface area contributed by atoms with E-state index in [2.05, 4.69) is 10.4 Å². The van der Waals surface area contributed by atoms with Gasteiger partial charge in [-0.25, -0.2) is 4.79 Å². The van der Waals surface area contributed by atoms with E-state index < -0.39 is 5.97 Å². The number of carbonyl (C=O) groups excluding carboxylic acids is 1. The Kier molecular flexibility index (Phi) is 5.07. The molecule has 3 aromatic carbocycles. The standard InChI is InChI=1S/C23H19N3O3/c27-22(24-14-16-10-12-18(13-11-16)23(28)29)21-19-8-4-5-9-20(19)26(25-21)15-17-6-2-1-3-7-17/h1-13H,14-15H2,(H,24,27)(H,28,29). The first kappa shape index (κ1) is 18.4. The second-order valence-corrected chi connectivity index (χ2v) is 6.69. The number of nitrogens with zero attached hydrogens (tertiary/aromatic N) is 2. The number of carboxylic acid groups (broad SMARTS) is 1. The molecule has 1 amide bonds. The Balaban J connectivity index is 1.55. The van der Waals surface area contributed by atoms with Gasteiger partial charge in [0.15, 0.2) is 5.69 Å². The van der Waals surface area contributed by atoms with Gasteiger partial charge < -0.3 is 10.4 Å². The van der Waals surface area contributed by atoms with Gasteiger partial charge in [-0.05, 0) is 29.3 Å². The molecular weight excluding hydrogens is 366 g/mol. The van der Waals surface area contributed by atoms with E-state index in [0.717, 1.165) is 22.0 Å². The highest BCUT2D eigenvalue weighted by atomic mass is 16.4. The van der Waals surface area contributed by atoms with Crippen molar-refractivity contribution in [3.63, 3.8) is 0 Å². The van der Waals surface area contributed by atoms with Gasteiger partial charge in [0.2, 0.25) is 0 Å². The number of hydrogen-bond donors (Lipinski definition) is 2. The molecule has 4 aromatic rings. The van der Waals surface area contributed by atoms with Crippen molar-refractivity contribution in [2.24, 2.45) is 0 Å². The third-order valence-electron chi connectivity index (χ3n) is 4.70. The van der Waals surface area contributed by atoms with Crippen molar-refractivity contribution in [2.45, 2.75) is 13.1 Å². The fourth-order valence-corrected chi connectivity index (χ4v) is 3.20. The molecule has 1 heterocycles. The van der Waals surface area contributed by atoms with Gasteiger partial charge in [0, 0.05) is 11.9 Å². The zero-order chi connectivity index (χ0) is 20.2. The third kappa shape index (κ3) is 4.01. The summed E-state index contributed by atoms with van der Waals surface area (Å²) in [5.74, 6) is -1.24. The van der Waals surface area contributed by atoms with Crippen molar-refractivity contribution < 1.29 is 14.7 Å². The second-order valence-electron chi connectivity index (χ2n) is 6.69. The molecule has 0 atom stereocenters. The van der Waals surface area contributed by atoms with Crippen molar-refractivity contribution in [3.05, 3.63) is 101 Å². The summed E-state index contributed by atoms with van der Waals surface area (Å²) in [5.41, 5.74) is 3.40. The van der Waals surface area contributed by atoms with Crippen LogP contribution in [0.5, 0.6) is 0 Å². The van der Waals surface area contributed by atoms with E-state index in [1.165, 1.54) is 12.1 Å². The average Bonchev–Trinajstić information content (AvgIpc) is 3.12. The van der Waals surface area contributed by atoms with E-state index in [1.807, 2.05) is 59.3 Å². The quantitative estimate of drug-likeness (QED) is 0.530. The molecule has 0 unspecified atom stereocenters. The van der Waals surface area contributed by atoms with Crippen molar-refractivity contribution in [1.82, 2.24) is 15.1 Å². The van der Waals surface area contributed by atoms with E-state index in [9.17, 15) is 9.59 Å². The second kappa shape index (κ2) is 7.98. The lowest BCUT2D eigenvalue weighted by Gasteiger charge is -2.05. The van der Waals surface area contributed by atoms with Gasteiger partial charge in [0.1, 0.15) is 0 Å². The lowest BCUT2D eigenvalue weighted by Crippen LogP contribution is -2.23. The number of nitrogens with one attached hydrogen (secondary N) is 1. The Bertz CT molecular complexity index is 1170. The predicted octanol–water partition coefficient (Wildman–Crippen LogP) is 3.71. The van der Waals surface area contributed by atoms with Crippen LogP contribution in [0.3, 0.4) is 0 Å². The normalized spacial score (nSPS) is 10.8. The Hall–Kier alpha value is -3.93. The van der Waals surface area contributed by atoms with Crippen LogP contribution >= 0.6 is 0 Å². The molecule has 6 heteroatoms. The number of hydrogen-bond acceptors (Lipinski definition) is 3. The van der Waals surface area contributed by atoms with Crippen molar-refractivity contribution in [1.29, 1.82) is 0 Å². The summed E-state index contributed by atoms with van der Waals surface area (Å²) in [7, 11) is 0. The van der Waals surface area contributed by atoms with Gasteiger partial charge in [0.05, 0.1) is 17.6 Å². The minimum atomic E-state index is -0.976. The molecule has 1 aromatic heterocycles. The van der Waals surface area contributed by atoms with Crippen LogP contribution < -0.4 is 5.32 Å². The summed E-state index contributed by atoms with van der Waals surface area (Å²) in [5, 5.41) is 17.2. The number of amides is 1. The molecule has 0 aliphatic heterocycles. The van der Waals surface area contributed by atoms with Crippen LogP contribution in [0.4, 0.5) is 0 Å². The molecule has 2 N–H and O–H groups in total. The number of rotatable bonds is 6. The summed E-state index contributed by atoms with van der Waals surface area (Å²) >= 11 is 0. The predicted molar refractivity (Wildman–Crippen MR) is 110 cm³/mol. The Morgan fingerprint density at radius 2 is 1.55 bits per heavy atom. The highest BCUT2D eigenvalue weighted by molar-refractivity contribution is 6.04. The monoisotopic (exact) mass is 385 g/mol. The topological polar surface area (TPSA) is 84.2 Å². The highest BCUT2D eigenvalue weighted by Crippen LogP contribution is 2.20. The first-order valence-electron chi connectivity index (χ1n) is 9.22. The summed E-state index contributed by atoms with van der Waals surface area (Å²) in [6.45, 7) is 0.865. The molecule has 0 spiro atoms. The Morgan fingerprint density at radius 3 is 2.28 bits per heavy atom. The third-order valence-corrected chi connectivity index (χ3v) is 4.70. The van der Waals surface area contributed by atoms with Crippen LogP contribution in [-0.2, 0) is 13.1 Å². The van der Waals surface area contributed by atoms with Crippen molar-refractivity contribution >= 4 is 22.8 Å². The van der Waals surface area contributed by atoms with Crippen LogP contribution in [0, 0.1) is 0 Å². The molecule has 0 bridgehead atoms. The van der Waals surface area contributed by atoms with Gasteiger partial charge in [-0.1, -0.05) is 60.7 Å². The maximum Gasteiger partial charge on any atom is 0.335 e. The highest BCUT2D eigenvalue weighted by Gasteiger charge is 2.17. The van der Waals surface area contributed by atoms with Crippen molar-refractivity contribution in [2.75, 3.05) is 0 Å². The van der Waals surface area contributed by atoms with Gasteiger partial charge in [-0.15, -0.1) is 0 Å². The number of carboxylic acids is 1. The van der Waals surface area contributed by atoms with E-state index in [-0.39, 0.29) is 11.5 Å². The molecule has 0 fully saturated rings. The van der Waals surface area contributed by atoms with Gasteiger partial charge in [-0.2, -0.15) is 5.10 Å². The molecule has 0 saturated heterocycles. The van der Waals surface area contributed by atoms with Gasteiger partial charge in [-0.3, -0.25) is 9.48 Å². The Morgan fingerprint density at radius 1 is 0.862 bits per heavy atom. The van der Waals surface area contributed by atoms with E-state index in [0.29, 0.717) is 18.8 Å². The summed E-state index contributed by atoms with van der Waals surface area (Å²) in [6.07, 6.45) is 0. The number of fused-ring (bicyclic) bond motifs is 1. The SMILES string of the molecule is O=C(O)c1ccc(CNC(=O)c2nn(Cc3ccccc3)c3ccccc23)cc1. The van der Waals surface area contributed by atoms with Crippen LogP contribution in [0.15, 0.2) is 78.9 Å². The summed E-state index contributed by atoms with van der Waals surface area (Å²) in [4.78, 5) is 23.7.